The van der Waals surface area contributed by atoms with Crippen LogP contribution >= 0.6 is 11.6 Å². The van der Waals surface area contributed by atoms with Crippen LogP contribution in [0.5, 0.6) is 11.5 Å². The molecule has 2 aromatic carbocycles. The van der Waals surface area contributed by atoms with Crippen LogP contribution in [0.2, 0.25) is 5.02 Å². The molecule has 0 saturated carbocycles. The third-order valence-electron chi connectivity index (χ3n) is 5.38. The molecule has 10 nitrogen and oxygen atoms in total. The van der Waals surface area contributed by atoms with Gasteiger partial charge in [0.05, 0.1) is 39.6 Å². The fraction of sp³-hybridized carbons (Fsp3) is 0.400. The van der Waals surface area contributed by atoms with Gasteiger partial charge in [0.25, 0.3) is 5.91 Å². The monoisotopic (exact) mass is 517 g/mol. The third-order valence-corrected chi connectivity index (χ3v) is 5.63. The number of ether oxygens (including phenoxy) is 5. The van der Waals surface area contributed by atoms with Gasteiger partial charge in [-0.15, -0.1) is 0 Å². The van der Waals surface area contributed by atoms with Gasteiger partial charge >= 0.3 is 0 Å². The Labute approximate surface area is 214 Å². The van der Waals surface area contributed by atoms with Crippen molar-refractivity contribution in [2.24, 2.45) is 5.10 Å². The molecule has 1 unspecified atom stereocenters. The minimum absolute atomic E-state index is 0.262. The van der Waals surface area contributed by atoms with E-state index in [1.165, 1.54) is 6.92 Å². The molecule has 2 aromatic rings. The number of nitrogens with one attached hydrogen (secondary N) is 1. The third kappa shape index (κ3) is 6.73. The normalized spacial score (nSPS) is 19.9. The van der Waals surface area contributed by atoms with Gasteiger partial charge in [-0.2, -0.15) is 5.10 Å². The molecule has 0 saturated heterocycles. The summed E-state index contributed by atoms with van der Waals surface area (Å²) in [4.78, 5) is 25.7. The Morgan fingerprint density at radius 1 is 0.889 bits per heavy atom. The van der Waals surface area contributed by atoms with Gasteiger partial charge in [-0.05, 0) is 42.0 Å². The number of amidine groups is 1. The highest BCUT2D eigenvalue weighted by molar-refractivity contribution is 6.30. The van der Waals surface area contributed by atoms with E-state index in [1.807, 2.05) is 0 Å². The molecule has 0 aliphatic carbocycles. The molecule has 192 valence electrons. The first-order chi connectivity index (χ1) is 17.5. The van der Waals surface area contributed by atoms with Gasteiger partial charge in [0.2, 0.25) is 5.91 Å². The van der Waals surface area contributed by atoms with Crippen LogP contribution in [0.15, 0.2) is 47.6 Å². The molecule has 36 heavy (non-hydrogen) atoms. The smallest absolute Gasteiger partial charge is 0.255 e. The number of nitrogens with zero attached hydrogens (tertiary/aromatic N) is 2. The molecule has 1 N–H and O–H groups in total. The topological polar surface area (TPSA) is 108 Å². The fourth-order valence-corrected chi connectivity index (χ4v) is 3.78. The van der Waals surface area contributed by atoms with E-state index in [2.05, 4.69) is 10.4 Å². The van der Waals surface area contributed by atoms with Crippen molar-refractivity contribution in [2.45, 2.75) is 13.0 Å². The van der Waals surface area contributed by atoms with Crippen molar-refractivity contribution in [1.82, 2.24) is 10.3 Å². The van der Waals surface area contributed by atoms with Gasteiger partial charge in [-0.25, -0.2) is 5.01 Å². The highest BCUT2D eigenvalue weighted by Gasteiger charge is 2.35. The molecule has 2 heterocycles. The van der Waals surface area contributed by atoms with Gasteiger partial charge in [0.1, 0.15) is 13.2 Å². The first-order valence-electron chi connectivity index (χ1n) is 11.6. The largest absolute Gasteiger partial charge is 0.487 e. The second-order valence-corrected chi connectivity index (χ2v) is 8.39. The number of carbonyl (C=O) groups is 2. The molecule has 0 aromatic heterocycles. The number of carbonyl (C=O) groups excluding carboxylic acids is 2. The van der Waals surface area contributed by atoms with E-state index < -0.39 is 11.9 Å². The van der Waals surface area contributed by atoms with E-state index in [4.69, 9.17) is 35.3 Å². The number of amides is 2. The lowest BCUT2D eigenvalue weighted by Gasteiger charge is -2.31. The fourth-order valence-electron chi connectivity index (χ4n) is 3.66. The van der Waals surface area contributed by atoms with E-state index in [0.29, 0.717) is 73.9 Å². The Kier molecular flexibility index (Phi) is 9.12. The molecule has 0 bridgehead atoms. The van der Waals surface area contributed by atoms with E-state index in [1.54, 1.807) is 42.5 Å². The molecule has 2 aliphatic heterocycles. The summed E-state index contributed by atoms with van der Waals surface area (Å²) in [7, 11) is 0. The molecule has 0 fully saturated rings. The van der Waals surface area contributed by atoms with Crippen LogP contribution in [0, 0.1) is 0 Å². The summed E-state index contributed by atoms with van der Waals surface area (Å²) in [5.41, 5.74) is 1.15. The average Bonchev–Trinajstić information content (AvgIpc) is 2.88. The number of hydrogen-bond acceptors (Lipinski definition) is 8. The molecule has 2 aliphatic rings. The zero-order chi connectivity index (χ0) is 25.3. The Morgan fingerprint density at radius 3 is 2.08 bits per heavy atom. The molecular weight excluding hydrogens is 490 g/mol. The van der Waals surface area contributed by atoms with E-state index in [-0.39, 0.29) is 18.3 Å². The summed E-state index contributed by atoms with van der Waals surface area (Å²) in [6.45, 7) is 4.52. The van der Waals surface area contributed by atoms with Gasteiger partial charge in [0, 0.05) is 17.5 Å². The molecule has 11 heteroatoms. The average molecular weight is 518 g/mol. The molecule has 1 atom stereocenters. The van der Waals surface area contributed by atoms with Crippen LogP contribution in [0.3, 0.4) is 0 Å². The highest BCUT2D eigenvalue weighted by Crippen LogP contribution is 2.34. The SMILES string of the molecule is CC(=O)N1N=C(c2ccc(Cl)cc2)NC(=O)C1c1ccc2c(c1)OCCOCCOCCOCCO2. The van der Waals surface area contributed by atoms with Crippen LogP contribution in [-0.4, -0.2) is 75.5 Å². The van der Waals surface area contributed by atoms with Crippen molar-refractivity contribution in [1.29, 1.82) is 0 Å². The predicted octanol–water partition coefficient (Wildman–Crippen LogP) is 2.54. The van der Waals surface area contributed by atoms with E-state index in [0.717, 1.165) is 5.01 Å². The predicted molar refractivity (Wildman–Crippen MR) is 131 cm³/mol. The molecule has 0 spiro atoms. The van der Waals surface area contributed by atoms with Crippen molar-refractivity contribution >= 4 is 29.3 Å². The number of hydrogen-bond donors (Lipinski definition) is 1. The quantitative estimate of drug-likeness (QED) is 0.652. The molecule has 0 radical (unpaired) electrons. The Balaban J connectivity index is 1.59. The molecule has 2 amide bonds. The lowest BCUT2D eigenvalue weighted by molar-refractivity contribution is -0.139. The minimum Gasteiger partial charge on any atom is -0.487 e. The summed E-state index contributed by atoms with van der Waals surface area (Å²) < 4.78 is 28.2. The van der Waals surface area contributed by atoms with Crippen molar-refractivity contribution in [3.8, 4) is 11.5 Å². The summed E-state index contributed by atoms with van der Waals surface area (Å²) in [6, 6.07) is 10.9. The van der Waals surface area contributed by atoms with Crippen LogP contribution in [-0.2, 0) is 23.8 Å². The number of benzene rings is 2. The Bertz CT molecular complexity index is 1090. The lowest BCUT2D eigenvalue weighted by Crippen LogP contribution is -2.48. The number of rotatable bonds is 2. The summed E-state index contributed by atoms with van der Waals surface area (Å²) >= 11 is 5.97. The van der Waals surface area contributed by atoms with Crippen molar-refractivity contribution in [3.63, 3.8) is 0 Å². The second-order valence-electron chi connectivity index (χ2n) is 7.95. The second kappa shape index (κ2) is 12.7. The maximum absolute atomic E-state index is 13.2. The maximum Gasteiger partial charge on any atom is 0.255 e. The zero-order valence-electron chi connectivity index (χ0n) is 19.9. The van der Waals surface area contributed by atoms with Crippen molar-refractivity contribution < 1.29 is 33.3 Å². The summed E-state index contributed by atoms with van der Waals surface area (Å²) in [5.74, 6) is 0.385. The van der Waals surface area contributed by atoms with Crippen molar-refractivity contribution in [3.05, 3.63) is 58.6 Å². The van der Waals surface area contributed by atoms with Gasteiger partial charge in [-0.3, -0.25) is 9.59 Å². The van der Waals surface area contributed by atoms with Gasteiger partial charge in [-0.1, -0.05) is 17.7 Å². The van der Waals surface area contributed by atoms with Gasteiger partial charge in [0.15, 0.2) is 23.4 Å². The first-order valence-corrected chi connectivity index (χ1v) is 12.0. The lowest BCUT2D eigenvalue weighted by atomic mass is 10.0. The van der Waals surface area contributed by atoms with E-state index >= 15 is 0 Å². The standard InChI is InChI=1S/C25H28ClN3O7/c1-17(30)29-23(25(31)27-24(28-29)18-2-5-20(26)6-3-18)19-4-7-21-22(16-19)36-15-13-34-11-9-32-8-10-33-12-14-35-21/h2-7,16,23H,8-15H2,1H3,(H,27,28,31). The maximum atomic E-state index is 13.2. The number of halogens is 1. The zero-order valence-corrected chi connectivity index (χ0v) is 20.7. The number of fused-ring (bicyclic) bond motifs is 1. The summed E-state index contributed by atoms with van der Waals surface area (Å²) in [6.07, 6.45) is 0. The van der Waals surface area contributed by atoms with E-state index in [9.17, 15) is 9.59 Å². The Morgan fingerprint density at radius 2 is 1.47 bits per heavy atom. The van der Waals surface area contributed by atoms with Crippen LogP contribution < -0.4 is 14.8 Å². The number of hydrazone groups is 1. The molecular formula is C25H28ClN3O7. The molecule has 4 rings (SSSR count). The highest BCUT2D eigenvalue weighted by atomic mass is 35.5. The Hall–Kier alpha value is -3.18. The first kappa shape index (κ1) is 25.9. The minimum atomic E-state index is -0.985. The summed E-state index contributed by atoms with van der Waals surface area (Å²) in [5, 5.41) is 8.93. The van der Waals surface area contributed by atoms with Gasteiger partial charge < -0.3 is 29.0 Å². The van der Waals surface area contributed by atoms with Crippen LogP contribution in [0.25, 0.3) is 0 Å². The van der Waals surface area contributed by atoms with Crippen LogP contribution in [0.4, 0.5) is 0 Å². The van der Waals surface area contributed by atoms with Crippen LogP contribution in [0.1, 0.15) is 24.1 Å². The van der Waals surface area contributed by atoms with Crippen molar-refractivity contribution in [2.75, 3.05) is 52.9 Å².